The van der Waals surface area contributed by atoms with Gasteiger partial charge in [-0.15, -0.1) is 0 Å². The van der Waals surface area contributed by atoms with Gasteiger partial charge in [-0.2, -0.15) is 0 Å². The zero-order valence-electron chi connectivity index (χ0n) is 18.5. The van der Waals surface area contributed by atoms with Crippen LogP contribution in [0.25, 0.3) is 5.82 Å². The molecule has 2 aromatic heterocycles. The summed E-state index contributed by atoms with van der Waals surface area (Å²) in [6.07, 6.45) is 8.70. The third kappa shape index (κ3) is 4.30. The summed E-state index contributed by atoms with van der Waals surface area (Å²) in [6.45, 7) is 7.16. The molecule has 0 spiro atoms. The van der Waals surface area contributed by atoms with E-state index in [0.717, 1.165) is 37.8 Å². The highest BCUT2D eigenvalue weighted by Crippen LogP contribution is 2.20. The minimum atomic E-state index is -0.0300. The molecule has 0 saturated carbocycles. The smallest absolute Gasteiger partial charge is 0.274 e. The number of nitrogens with zero attached hydrogens (tertiary/aromatic N) is 7. The summed E-state index contributed by atoms with van der Waals surface area (Å²) in [7, 11) is 0. The number of anilines is 2. The molecule has 32 heavy (non-hydrogen) atoms. The molecule has 1 aromatic carbocycles. The largest absolute Gasteiger partial charge is 0.368 e. The zero-order chi connectivity index (χ0) is 21.9. The molecular weight excluding hydrogens is 402 g/mol. The van der Waals surface area contributed by atoms with E-state index in [1.54, 1.807) is 18.9 Å². The van der Waals surface area contributed by atoms with Crippen molar-refractivity contribution < 1.29 is 4.79 Å². The third-order valence-corrected chi connectivity index (χ3v) is 6.35. The van der Waals surface area contributed by atoms with Gasteiger partial charge in [0.05, 0.1) is 0 Å². The van der Waals surface area contributed by atoms with Crippen molar-refractivity contribution in [3.8, 4) is 5.82 Å². The van der Waals surface area contributed by atoms with E-state index in [-0.39, 0.29) is 5.91 Å². The number of carbonyl (C=O) groups is 1. The van der Waals surface area contributed by atoms with Gasteiger partial charge in [0, 0.05) is 57.2 Å². The number of carbonyl (C=O) groups excluding carboxylic acids is 1. The van der Waals surface area contributed by atoms with E-state index in [9.17, 15) is 4.79 Å². The highest BCUT2D eigenvalue weighted by Gasteiger charge is 2.24. The molecule has 2 saturated heterocycles. The second-order valence-corrected chi connectivity index (χ2v) is 8.56. The number of piperazine rings is 1. The predicted octanol–water partition coefficient (Wildman–Crippen LogP) is 2.92. The topological polar surface area (TPSA) is 70.4 Å². The number of aryl methyl sites for hydroxylation is 1. The molecule has 0 unspecified atom stereocenters. The van der Waals surface area contributed by atoms with Crippen LogP contribution in [0.5, 0.6) is 0 Å². The van der Waals surface area contributed by atoms with Crippen LogP contribution in [-0.4, -0.2) is 69.6 Å². The van der Waals surface area contributed by atoms with Gasteiger partial charge in [0.1, 0.15) is 30.0 Å². The van der Waals surface area contributed by atoms with E-state index < -0.39 is 0 Å². The summed E-state index contributed by atoms with van der Waals surface area (Å²) < 4.78 is 1.81. The van der Waals surface area contributed by atoms with E-state index >= 15 is 0 Å². The second kappa shape index (κ2) is 8.98. The summed E-state index contributed by atoms with van der Waals surface area (Å²) in [5, 5.41) is 0. The number of hydrogen-bond donors (Lipinski definition) is 0. The van der Waals surface area contributed by atoms with Gasteiger partial charge in [0.2, 0.25) is 0 Å². The fourth-order valence-electron chi connectivity index (χ4n) is 4.42. The van der Waals surface area contributed by atoms with Gasteiger partial charge in [0.25, 0.3) is 5.91 Å². The lowest BCUT2D eigenvalue weighted by Crippen LogP contribution is -2.48. The average molecular weight is 432 g/mol. The molecule has 166 valence electrons. The number of rotatable bonds is 4. The average Bonchev–Trinajstić information content (AvgIpc) is 3.35. The van der Waals surface area contributed by atoms with Crippen LogP contribution in [-0.2, 0) is 0 Å². The highest BCUT2D eigenvalue weighted by atomic mass is 16.2. The Kier molecular flexibility index (Phi) is 5.75. The molecule has 8 heteroatoms. The lowest BCUT2D eigenvalue weighted by atomic mass is 10.1. The molecule has 0 bridgehead atoms. The summed E-state index contributed by atoms with van der Waals surface area (Å²) in [4.78, 5) is 32.8. The van der Waals surface area contributed by atoms with Gasteiger partial charge in [-0.1, -0.05) is 17.7 Å². The number of imidazole rings is 1. The molecule has 5 rings (SSSR count). The Morgan fingerprint density at radius 3 is 2.28 bits per heavy atom. The lowest BCUT2D eigenvalue weighted by Gasteiger charge is -2.35. The predicted molar refractivity (Wildman–Crippen MR) is 125 cm³/mol. The second-order valence-electron chi connectivity index (χ2n) is 8.56. The lowest BCUT2D eigenvalue weighted by molar-refractivity contribution is 0.0741. The van der Waals surface area contributed by atoms with Crippen molar-refractivity contribution in [2.24, 2.45) is 0 Å². The third-order valence-electron chi connectivity index (χ3n) is 6.35. The van der Waals surface area contributed by atoms with Gasteiger partial charge in [-0.3, -0.25) is 9.36 Å². The first kappa shape index (κ1) is 20.5. The first-order valence-electron chi connectivity index (χ1n) is 11.4. The van der Waals surface area contributed by atoms with Crippen LogP contribution in [0.2, 0.25) is 0 Å². The molecule has 2 aliphatic rings. The Labute approximate surface area is 188 Å². The molecule has 2 fully saturated rings. The number of amides is 1. The fourth-order valence-corrected chi connectivity index (χ4v) is 4.42. The SMILES string of the molecule is Cc1ccc(N2CCN(C(=O)c3cn(-c4cc(N5CCCCC5)ncn4)cn3)CC2)cc1. The molecular formula is C24H29N7O. The van der Waals surface area contributed by atoms with E-state index in [0.29, 0.717) is 18.8 Å². The van der Waals surface area contributed by atoms with Crippen molar-refractivity contribution in [3.63, 3.8) is 0 Å². The quantitative estimate of drug-likeness (QED) is 0.633. The molecule has 0 aliphatic carbocycles. The minimum absolute atomic E-state index is 0.0300. The normalized spacial score (nSPS) is 17.0. The maximum absolute atomic E-state index is 13.0. The van der Waals surface area contributed by atoms with Gasteiger partial charge in [-0.25, -0.2) is 15.0 Å². The van der Waals surface area contributed by atoms with Crippen LogP contribution in [0.3, 0.4) is 0 Å². The van der Waals surface area contributed by atoms with Gasteiger partial charge < -0.3 is 14.7 Å². The number of piperidine rings is 1. The van der Waals surface area contributed by atoms with Crippen LogP contribution in [0.15, 0.2) is 49.2 Å². The monoisotopic (exact) mass is 431 g/mol. The van der Waals surface area contributed by atoms with Gasteiger partial charge >= 0.3 is 0 Å². The van der Waals surface area contributed by atoms with Crippen molar-refractivity contribution in [2.45, 2.75) is 26.2 Å². The van der Waals surface area contributed by atoms with E-state index in [2.05, 4.69) is 55.9 Å². The maximum Gasteiger partial charge on any atom is 0.274 e. The van der Waals surface area contributed by atoms with Crippen molar-refractivity contribution in [1.82, 2.24) is 24.4 Å². The number of hydrogen-bond acceptors (Lipinski definition) is 6. The molecule has 2 aliphatic heterocycles. The molecule has 3 aromatic rings. The Morgan fingerprint density at radius 2 is 1.53 bits per heavy atom. The Balaban J connectivity index is 1.24. The molecule has 8 nitrogen and oxygen atoms in total. The Morgan fingerprint density at radius 1 is 0.812 bits per heavy atom. The van der Waals surface area contributed by atoms with Crippen molar-refractivity contribution >= 4 is 17.4 Å². The molecule has 0 N–H and O–H groups in total. The standard InChI is InChI=1S/C24H29N7O/c1-19-5-7-20(8-6-19)28-11-13-30(14-12-28)24(32)21-16-31(18-27-21)23-15-22(25-17-26-23)29-9-3-2-4-10-29/h5-8,15-18H,2-4,9-14H2,1H3. The number of benzene rings is 1. The van der Waals surface area contributed by atoms with Crippen molar-refractivity contribution in [1.29, 1.82) is 0 Å². The molecule has 1 amide bonds. The minimum Gasteiger partial charge on any atom is -0.368 e. The number of aromatic nitrogens is 4. The van der Waals surface area contributed by atoms with E-state index in [1.165, 1.54) is 30.5 Å². The summed E-state index contributed by atoms with van der Waals surface area (Å²) in [6, 6.07) is 10.5. The Hall–Kier alpha value is -3.42. The molecule has 4 heterocycles. The highest BCUT2D eigenvalue weighted by molar-refractivity contribution is 5.92. The van der Waals surface area contributed by atoms with Gasteiger partial charge in [-0.05, 0) is 38.3 Å². The molecule has 0 atom stereocenters. The van der Waals surface area contributed by atoms with Crippen LogP contribution in [0.1, 0.15) is 35.3 Å². The first-order valence-corrected chi connectivity index (χ1v) is 11.4. The van der Waals surface area contributed by atoms with E-state index in [1.807, 2.05) is 15.5 Å². The fraction of sp³-hybridized carbons (Fsp3) is 0.417. The van der Waals surface area contributed by atoms with Crippen LogP contribution < -0.4 is 9.80 Å². The van der Waals surface area contributed by atoms with E-state index in [4.69, 9.17) is 0 Å². The van der Waals surface area contributed by atoms with Crippen LogP contribution in [0.4, 0.5) is 11.5 Å². The molecule has 0 radical (unpaired) electrons. The summed E-state index contributed by atoms with van der Waals surface area (Å²) >= 11 is 0. The first-order chi connectivity index (χ1) is 15.7. The Bertz CT molecular complexity index is 1060. The van der Waals surface area contributed by atoms with Crippen molar-refractivity contribution in [3.05, 3.63) is 60.4 Å². The van der Waals surface area contributed by atoms with Crippen molar-refractivity contribution in [2.75, 3.05) is 49.1 Å². The summed E-state index contributed by atoms with van der Waals surface area (Å²) in [5.74, 6) is 1.64. The van der Waals surface area contributed by atoms with Gasteiger partial charge in [0.15, 0.2) is 0 Å². The van der Waals surface area contributed by atoms with Crippen LogP contribution >= 0.6 is 0 Å². The summed E-state index contributed by atoms with van der Waals surface area (Å²) in [5.41, 5.74) is 2.91. The zero-order valence-corrected chi connectivity index (χ0v) is 18.5. The maximum atomic E-state index is 13.0. The van der Waals surface area contributed by atoms with Crippen LogP contribution in [0, 0.1) is 6.92 Å².